The van der Waals surface area contributed by atoms with Crippen LogP contribution in [0.5, 0.6) is 0 Å². The number of hydrogen-bond donors (Lipinski definition) is 1. The third kappa shape index (κ3) is 2.74. The molecule has 1 aromatic heterocycles. The highest BCUT2D eigenvalue weighted by atomic mass is 16.3. The summed E-state index contributed by atoms with van der Waals surface area (Å²) in [6, 6.07) is 8.01. The zero-order valence-electron chi connectivity index (χ0n) is 10.5. The van der Waals surface area contributed by atoms with Crippen molar-refractivity contribution >= 4 is 0 Å². The SMILES string of the molecule is Cc1ccc(C(O)Cc2ccn(C)n2)cc1C. The number of aryl methyl sites for hydroxylation is 3. The predicted molar refractivity (Wildman–Crippen MR) is 67.8 cm³/mol. The molecule has 1 heterocycles. The second-order valence-electron chi connectivity index (χ2n) is 4.54. The van der Waals surface area contributed by atoms with Crippen LogP contribution < -0.4 is 0 Å². The Morgan fingerprint density at radius 2 is 2.00 bits per heavy atom. The minimum Gasteiger partial charge on any atom is -0.388 e. The number of rotatable bonds is 3. The average Bonchev–Trinajstić information content (AvgIpc) is 2.68. The fourth-order valence-electron chi connectivity index (χ4n) is 1.86. The molecule has 2 aromatic rings. The molecule has 1 aromatic carbocycles. The Morgan fingerprint density at radius 3 is 2.59 bits per heavy atom. The Morgan fingerprint density at radius 1 is 1.24 bits per heavy atom. The van der Waals surface area contributed by atoms with Crippen molar-refractivity contribution in [2.45, 2.75) is 26.4 Å². The molecule has 2 rings (SSSR count). The quantitative estimate of drug-likeness (QED) is 0.878. The summed E-state index contributed by atoms with van der Waals surface area (Å²) in [5.41, 5.74) is 4.33. The molecule has 3 nitrogen and oxygen atoms in total. The second-order valence-corrected chi connectivity index (χ2v) is 4.54. The minimum atomic E-state index is -0.482. The van der Waals surface area contributed by atoms with Crippen LogP contribution in [0, 0.1) is 13.8 Å². The van der Waals surface area contributed by atoms with Crippen LogP contribution in [0.1, 0.15) is 28.5 Å². The van der Waals surface area contributed by atoms with Gasteiger partial charge in [-0.1, -0.05) is 18.2 Å². The lowest BCUT2D eigenvalue weighted by Gasteiger charge is -2.11. The van der Waals surface area contributed by atoms with E-state index in [9.17, 15) is 5.11 Å². The van der Waals surface area contributed by atoms with Crippen molar-refractivity contribution in [3.05, 3.63) is 52.8 Å². The molecule has 17 heavy (non-hydrogen) atoms. The molecule has 0 aliphatic carbocycles. The number of nitrogens with zero attached hydrogens (tertiary/aromatic N) is 2. The summed E-state index contributed by atoms with van der Waals surface area (Å²) in [6.07, 6.45) is 1.97. The van der Waals surface area contributed by atoms with Gasteiger partial charge in [-0.05, 0) is 36.6 Å². The van der Waals surface area contributed by atoms with E-state index in [4.69, 9.17) is 0 Å². The van der Waals surface area contributed by atoms with Gasteiger partial charge in [-0.15, -0.1) is 0 Å². The smallest absolute Gasteiger partial charge is 0.0846 e. The van der Waals surface area contributed by atoms with Crippen LogP contribution in [-0.4, -0.2) is 14.9 Å². The number of aliphatic hydroxyl groups is 1. The fraction of sp³-hybridized carbons (Fsp3) is 0.357. The average molecular weight is 230 g/mol. The first-order valence-corrected chi connectivity index (χ1v) is 5.80. The van der Waals surface area contributed by atoms with E-state index in [1.54, 1.807) is 4.68 Å². The molecular weight excluding hydrogens is 212 g/mol. The summed E-state index contributed by atoms with van der Waals surface area (Å²) in [7, 11) is 1.88. The molecule has 0 radical (unpaired) electrons. The standard InChI is InChI=1S/C14H18N2O/c1-10-4-5-12(8-11(10)2)14(17)9-13-6-7-16(3)15-13/h4-8,14,17H,9H2,1-3H3. The Labute approximate surface area is 102 Å². The molecule has 0 fully saturated rings. The maximum Gasteiger partial charge on any atom is 0.0846 e. The lowest BCUT2D eigenvalue weighted by atomic mass is 10.0. The zero-order chi connectivity index (χ0) is 12.4. The van der Waals surface area contributed by atoms with Crippen LogP contribution in [0.15, 0.2) is 30.5 Å². The highest BCUT2D eigenvalue weighted by molar-refractivity contribution is 5.31. The van der Waals surface area contributed by atoms with Gasteiger partial charge in [0.1, 0.15) is 0 Å². The van der Waals surface area contributed by atoms with E-state index in [0.29, 0.717) is 6.42 Å². The highest BCUT2D eigenvalue weighted by Gasteiger charge is 2.10. The van der Waals surface area contributed by atoms with Crippen molar-refractivity contribution in [3.63, 3.8) is 0 Å². The molecule has 3 heteroatoms. The third-order valence-corrected chi connectivity index (χ3v) is 3.09. The number of benzene rings is 1. The van der Waals surface area contributed by atoms with Crippen LogP contribution in [0.2, 0.25) is 0 Å². The van der Waals surface area contributed by atoms with Crippen molar-refractivity contribution in [2.75, 3.05) is 0 Å². The predicted octanol–water partition coefficient (Wildman–Crippen LogP) is 2.31. The van der Waals surface area contributed by atoms with Crippen molar-refractivity contribution in [2.24, 2.45) is 7.05 Å². The summed E-state index contributed by atoms with van der Waals surface area (Å²) in [5.74, 6) is 0. The number of hydrogen-bond acceptors (Lipinski definition) is 2. The van der Waals surface area contributed by atoms with Crippen molar-refractivity contribution in [1.82, 2.24) is 9.78 Å². The lowest BCUT2D eigenvalue weighted by molar-refractivity contribution is 0.177. The van der Waals surface area contributed by atoms with Gasteiger partial charge in [0.25, 0.3) is 0 Å². The molecule has 1 atom stereocenters. The van der Waals surface area contributed by atoms with Gasteiger partial charge in [-0.25, -0.2) is 0 Å². The number of aliphatic hydroxyl groups excluding tert-OH is 1. The van der Waals surface area contributed by atoms with Crippen LogP contribution in [0.3, 0.4) is 0 Å². The van der Waals surface area contributed by atoms with Crippen LogP contribution >= 0.6 is 0 Å². The molecule has 0 spiro atoms. The van der Waals surface area contributed by atoms with E-state index in [0.717, 1.165) is 11.3 Å². The molecule has 0 aliphatic heterocycles. The molecule has 90 valence electrons. The topological polar surface area (TPSA) is 38.0 Å². The third-order valence-electron chi connectivity index (χ3n) is 3.09. The normalized spacial score (nSPS) is 12.7. The molecule has 1 N–H and O–H groups in total. The number of aromatic nitrogens is 2. The van der Waals surface area contributed by atoms with Gasteiger partial charge in [-0.2, -0.15) is 5.10 Å². The molecule has 0 saturated carbocycles. The van der Waals surface area contributed by atoms with E-state index in [1.807, 2.05) is 37.5 Å². The van der Waals surface area contributed by atoms with E-state index in [1.165, 1.54) is 11.1 Å². The molecule has 0 amide bonds. The van der Waals surface area contributed by atoms with Gasteiger partial charge >= 0.3 is 0 Å². The van der Waals surface area contributed by atoms with Gasteiger partial charge in [0.05, 0.1) is 11.8 Å². The lowest BCUT2D eigenvalue weighted by Crippen LogP contribution is -2.03. The summed E-state index contributed by atoms with van der Waals surface area (Å²) in [6.45, 7) is 4.14. The van der Waals surface area contributed by atoms with E-state index in [-0.39, 0.29) is 0 Å². The minimum absolute atomic E-state index is 0.482. The Kier molecular flexibility index (Phi) is 3.29. The molecule has 1 unspecified atom stereocenters. The van der Waals surface area contributed by atoms with E-state index >= 15 is 0 Å². The van der Waals surface area contributed by atoms with Crippen LogP contribution in [0.25, 0.3) is 0 Å². The first-order chi connectivity index (χ1) is 8.06. The molecule has 0 aliphatic rings. The maximum atomic E-state index is 10.1. The second kappa shape index (κ2) is 4.72. The highest BCUT2D eigenvalue weighted by Crippen LogP contribution is 2.20. The fourth-order valence-corrected chi connectivity index (χ4v) is 1.86. The van der Waals surface area contributed by atoms with Crippen molar-refractivity contribution < 1.29 is 5.11 Å². The largest absolute Gasteiger partial charge is 0.388 e. The Bertz CT molecular complexity index is 517. The zero-order valence-corrected chi connectivity index (χ0v) is 10.5. The summed E-state index contributed by atoms with van der Waals surface area (Å²) < 4.78 is 1.75. The van der Waals surface area contributed by atoms with Gasteiger partial charge in [0.15, 0.2) is 0 Å². The first kappa shape index (κ1) is 11.9. The maximum absolute atomic E-state index is 10.1. The van der Waals surface area contributed by atoms with Crippen LogP contribution in [-0.2, 0) is 13.5 Å². The molecular formula is C14H18N2O. The van der Waals surface area contributed by atoms with Crippen molar-refractivity contribution in [1.29, 1.82) is 0 Å². The summed E-state index contributed by atoms with van der Waals surface area (Å²) >= 11 is 0. The molecule has 0 bridgehead atoms. The summed E-state index contributed by atoms with van der Waals surface area (Å²) in [5, 5.41) is 14.4. The van der Waals surface area contributed by atoms with Crippen molar-refractivity contribution in [3.8, 4) is 0 Å². The molecule has 0 saturated heterocycles. The monoisotopic (exact) mass is 230 g/mol. The first-order valence-electron chi connectivity index (χ1n) is 5.80. The Hall–Kier alpha value is -1.61. The van der Waals surface area contributed by atoms with Gasteiger partial charge in [0, 0.05) is 19.7 Å². The summed E-state index contributed by atoms with van der Waals surface area (Å²) in [4.78, 5) is 0. The Balaban J connectivity index is 2.14. The van der Waals surface area contributed by atoms with Gasteiger partial charge < -0.3 is 5.11 Å². The van der Waals surface area contributed by atoms with E-state index < -0.39 is 6.10 Å². The van der Waals surface area contributed by atoms with Crippen LogP contribution in [0.4, 0.5) is 0 Å². The van der Waals surface area contributed by atoms with Gasteiger partial charge in [0.2, 0.25) is 0 Å². The van der Waals surface area contributed by atoms with E-state index in [2.05, 4.69) is 18.9 Å². The van der Waals surface area contributed by atoms with Gasteiger partial charge in [-0.3, -0.25) is 4.68 Å².